The SMILES string of the molecule is C#CCNC(=O)[C@@H](C)Sc1nnc(-c2ccccn2)n1-c1ccc(C)cc1C. The molecule has 2 aromatic heterocycles. The lowest BCUT2D eigenvalue weighted by molar-refractivity contribution is -0.120. The normalized spacial score (nSPS) is 11.6. The lowest BCUT2D eigenvalue weighted by atomic mass is 10.1. The van der Waals surface area contributed by atoms with Gasteiger partial charge in [0.2, 0.25) is 5.91 Å². The summed E-state index contributed by atoms with van der Waals surface area (Å²) in [6.07, 6.45) is 6.94. The molecule has 1 amide bonds. The fraction of sp³-hybridized carbons (Fsp3) is 0.238. The first kappa shape index (κ1) is 19.6. The highest BCUT2D eigenvalue weighted by atomic mass is 32.2. The van der Waals surface area contributed by atoms with E-state index in [0.717, 1.165) is 11.3 Å². The third kappa shape index (κ3) is 4.24. The van der Waals surface area contributed by atoms with E-state index in [1.165, 1.54) is 17.3 Å². The van der Waals surface area contributed by atoms with Gasteiger partial charge in [0.05, 0.1) is 17.5 Å². The molecular weight excluding hydrogens is 370 g/mol. The van der Waals surface area contributed by atoms with Crippen LogP contribution >= 0.6 is 11.8 Å². The topological polar surface area (TPSA) is 72.7 Å². The molecule has 3 aromatic rings. The molecule has 0 radical (unpaired) electrons. The molecule has 0 unspecified atom stereocenters. The summed E-state index contributed by atoms with van der Waals surface area (Å²) in [7, 11) is 0. The van der Waals surface area contributed by atoms with Crippen molar-refractivity contribution in [2.24, 2.45) is 0 Å². The van der Waals surface area contributed by atoms with Gasteiger partial charge >= 0.3 is 0 Å². The van der Waals surface area contributed by atoms with Crippen LogP contribution in [0.1, 0.15) is 18.1 Å². The summed E-state index contributed by atoms with van der Waals surface area (Å²) < 4.78 is 1.95. The highest BCUT2D eigenvalue weighted by molar-refractivity contribution is 8.00. The monoisotopic (exact) mass is 391 g/mol. The van der Waals surface area contributed by atoms with E-state index in [1.807, 2.05) is 48.7 Å². The van der Waals surface area contributed by atoms with Crippen LogP contribution in [-0.4, -0.2) is 37.5 Å². The Bertz CT molecular complexity index is 1020. The van der Waals surface area contributed by atoms with Crippen LogP contribution in [0.4, 0.5) is 0 Å². The number of carbonyl (C=O) groups is 1. The summed E-state index contributed by atoms with van der Waals surface area (Å²) in [5.74, 6) is 2.90. The number of pyridine rings is 1. The molecule has 0 saturated carbocycles. The fourth-order valence-electron chi connectivity index (χ4n) is 2.77. The minimum atomic E-state index is -0.376. The Morgan fingerprint density at radius 1 is 1.29 bits per heavy atom. The number of thioether (sulfide) groups is 1. The molecule has 2 heterocycles. The molecule has 0 bridgehead atoms. The van der Waals surface area contributed by atoms with Crippen molar-refractivity contribution in [2.45, 2.75) is 31.2 Å². The van der Waals surface area contributed by atoms with Crippen LogP contribution in [0.5, 0.6) is 0 Å². The van der Waals surface area contributed by atoms with Crippen LogP contribution in [0.15, 0.2) is 47.8 Å². The second kappa shape index (κ2) is 8.72. The zero-order valence-electron chi connectivity index (χ0n) is 16.0. The average molecular weight is 392 g/mol. The maximum absolute atomic E-state index is 12.2. The summed E-state index contributed by atoms with van der Waals surface area (Å²) in [4.78, 5) is 16.7. The number of hydrogen-bond acceptors (Lipinski definition) is 5. The van der Waals surface area contributed by atoms with E-state index in [-0.39, 0.29) is 17.7 Å². The number of amides is 1. The molecule has 28 heavy (non-hydrogen) atoms. The second-order valence-electron chi connectivity index (χ2n) is 6.33. The minimum absolute atomic E-state index is 0.141. The van der Waals surface area contributed by atoms with Crippen molar-refractivity contribution in [1.82, 2.24) is 25.1 Å². The number of benzene rings is 1. The average Bonchev–Trinajstić information content (AvgIpc) is 3.10. The number of terminal acetylenes is 1. The van der Waals surface area contributed by atoms with E-state index < -0.39 is 0 Å². The van der Waals surface area contributed by atoms with Crippen LogP contribution in [0.3, 0.4) is 0 Å². The quantitative estimate of drug-likeness (QED) is 0.516. The van der Waals surface area contributed by atoms with Gasteiger partial charge < -0.3 is 5.32 Å². The van der Waals surface area contributed by atoms with E-state index in [2.05, 4.69) is 39.4 Å². The van der Waals surface area contributed by atoms with Gasteiger partial charge in [0, 0.05) is 6.20 Å². The van der Waals surface area contributed by atoms with Crippen LogP contribution in [-0.2, 0) is 4.79 Å². The molecule has 6 nitrogen and oxygen atoms in total. The number of nitrogens with one attached hydrogen (secondary N) is 1. The first-order chi connectivity index (χ1) is 13.5. The van der Waals surface area contributed by atoms with Crippen molar-refractivity contribution in [2.75, 3.05) is 6.54 Å². The Hall–Kier alpha value is -3.11. The van der Waals surface area contributed by atoms with Crippen molar-refractivity contribution in [3.63, 3.8) is 0 Å². The Balaban J connectivity index is 2.05. The molecule has 7 heteroatoms. The number of aryl methyl sites for hydroxylation is 2. The number of carbonyl (C=O) groups excluding carboxylic acids is 1. The Kier molecular flexibility index (Phi) is 6.12. The van der Waals surface area contributed by atoms with Crippen LogP contribution in [0.25, 0.3) is 17.2 Å². The smallest absolute Gasteiger partial charge is 0.234 e. The molecule has 0 saturated heterocycles. The largest absolute Gasteiger partial charge is 0.344 e. The Morgan fingerprint density at radius 3 is 2.79 bits per heavy atom. The predicted octanol–water partition coefficient (Wildman–Crippen LogP) is 3.18. The maximum Gasteiger partial charge on any atom is 0.234 e. The first-order valence-electron chi connectivity index (χ1n) is 8.83. The van der Waals surface area contributed by atoms with E-state index in [0.29, 0.717) is 16.7 Å². The molecule has 3 rings (SSSR count). The summed E-state index contributed by atoms with van der Waals surface area (Å²) >= 11 is 1.33. The molecule has 1 atom stereocenters. The molecule has 0 fully saturated rings. The van der Waals surface area contributed by atoms with Gasteiger partial charge in [0.1, 0.15) is 5.69 Å². The Morgan fingerprint density at radius 2 is 2.11 bits per heavy atom. The summed E-state index contributed by atoms with van der Waals surface area (Å²) in [6, 6.07) is 11.8. The molecule has 1 aromatic carbocycles. The van der Waals surface area contributed by atoms with Gasteiger partial charge in [-0.2, -0.15) is 0 Å². The zero-order valence-corrected chi connectivity index (χ0v) is 16.8. The molecular formula is C21H21N5OS. The first-order valence-corrected chi connectivity index (χ1v) is 9.71. The molecule has 0 spiro atoms. The zero-order chi connectivity index (χ0) is 20.1. The predicted molar refractivity (Wildman–Crippen MR) is 111 cm³/mol. The van der Waals surface area contributed by atoms with Crippen molar-refractivity contribution in [3.8, 4) is 29.5 Å². The van der Waals surface area contributed by atoms with Crippen molar-refractivity contribution >= 4 is 17.7 Å². The number of rotatable bonds is 6. The molecule has 0 aliphatic rings. The van der Waals surface area contributed by atoms with Crippen LogP contribution in [0.2, 0.25) is 0 Å². The lowest BCUT2D eigenvalue weighted by Crippen LogP contribution is -2.31. The lowest BCUT2D eigenvalue weighted by Gasteiger charge is -2.15. The van der Waals surface area contributed by atoms with E-state index in [1.54, 1.807) is 6.20 Å². The molecule has 142 valence electrons. The van der Waals surface area contributed by atoms with E-state index >= 15 is 0 Å². The second-order valence-corrected chi connectivity index (χ2v) is 7.64. The van der Waals surface area contributed by atoms with Gasteiger partial charge in [0.15, 0.2) is 11.0 Å². The minimum Gasteiger partial charge on any atom is -0.344 e. The fourth-order valence-corrected chi connectivity index (χ4v) is 3.66. The van der Waals surface area contributed by atoms with Gasteiger partial charge in [-0.1, -0.05) is 41.4 Å². The van der Waals surface area contributed by atoms with Gasteiger partial charge in [-0.25, -0.2) is 0 Å². The number of hydrogen-bond donors (Lipinski definition) is 1. The van der Waals surface area contributed by atoms with E-state index in [4.69, 9.17) is 6.42 Å². The van der Waals surface area contributed by atoms with Crippen molar-refractivity contribution in [1.29, 1.82) is 0 Å². The summed E-state index contributed by atoms with van der Waals surface area (Å²) in [5.41, 5.74) is 3.93. The summed E-state index contributed by atoms with van der Waals surface area (Å²) in [6.45, 7) is 6.11. The summed E-state index contributed by atoms with van der Waals surface area (Å²) in [5, 5.41) is 11.7. The highest BCUT2D eigenvalue weighted by Crippen LogP contribution is 2.31. The molecule has 0 aliphatic heterocycles. The number of nitrogens with zero attached hydrogens (tertiary/aromatic N) is 4. The van der Waals surface area contributed by atoms with Crippen molar-refractivity contribution < 1.29 is 4.79 Å². The van der Waals surface area contributed by atoms with Gasteiger partial charge in [-0.15, -0.1) is 16.6 Å². The third-order valence-electron chi connectivity index (χ3n) is 4.14. The van der Waals surface area contributed by atoms with E-state index in [9.17, 15) is 4.79 Å². The third-order valence-corrected chi connectivity index (χ3v) is 5.18. The van der Waals surface area contributed by atoms with Crippen molar-refractivity contribution in [3.05, 3.63) is 53.7 Å². The van der Waals surface area contributed by atoms with Crippen LogP contribution < -0.4 is 5.32 Å². The van der Waals surface area contributed by atoms with Crippen LogP contribution in [0, 0.1) is 26.2 Å². The van der Waals surface area contributed by atoms with Gasteiger partial charge in [-0.05, 0) is 44.5 Å². The molecule has 0 aliphatic carbocycles. The van der Waals surface area contributed by atoms with Gasteiger partial charge in [-0.3, -0.25) is 14.3 Å². The molecule has 1 N–H and O–H groups in total. The Labute approximate surface area is 168 Å². The maximum atomic E-state index is 12.2. The van der Waals surface area contributed by atoms with Gasteiger partial charge in [0.25, 0.3) is 0 Å². The number of aromatic nitrogens is 4. The highest BCUT2D eigenvalue weighted by Gasteiger charge is 2.22. The standard InChI is InChI=1S/C21H21N5OS/c1-5-11-23-20(27)16(4)28-21-25-24-19(17-8-6-7-12-22-17)26(21)18-10-9-14(2)13-15(18)3/h1,6-10,12-13,16H,11H2,2-4H3,(H,23,27)/t16-/m1/s1.